The molecule has 2 aromatic rings. The lowest BCUT2D eigenvalue weighted by Crippen LogP contribution is -2.12. The van der Waals surface area contributed by atoms with Gasteiger partial charge < -0.3 is 0 Å². The Morgan fingerprint density at radius 1 is 1.33 bits per heavy atom. The summed E-state index contributed by atoms with van der Waals surface area (Å²) in [6.07, 6.45) is 5.22. The van der Waals surface area contributed by atoms with Crippen molar-refractivity contribution in [3.8, 4) is 5.69 Å². The maximum absolute atomic E-state index is 13.7. The Labute approximate surface area is 104 Å². The van der Waals surface area contributed by atoms with E-state index < -0.39 is 5.92 Å². The van der Waals surface area contributed by atoms with E-state index in [0.717, 1.165) is 11.8 Å². The fourth-order valence-electron chi connectivity index (χ4n) is 1.60. The predicted octanol–water partition coefficient (Wildman–Crippen LogP) is 3.24. The van der Waals surface area contributed by atoms with Gasteiger partial charge in [0.05, 0.1) is 11.4 Å². The topological polar surface area (TPSA) is 30.7 Å². The molecule has 94 valence electrons. The number of allylic oxidation sites excluding steroid dienone is 2. The minimum absolute atomic E-state index is 0.286. The van der Waals surface area contributed by atoms with E-state index in [4.69, 9.17) is 0 Å². The first-order chi connectivity index (χ1) is 8.53. The van der Waals surface area contributed by atoms with E-state index in [1.807, 2.05) is 13.0 Å². The third kappa shape index (κ3) is 2.45. The first kappa shape index (κ1) is 12.4. The predicted molar refractivity (Wildman–Crippen MR) is 64.8 cm³/mol. The second kappa shape index (κ2) is 4.68. The number of pyridine rings is 1. The molecule has 0 amide bonds. The quantitative estimate of drug-likeness (QED) is 0.782. The molecule has 5 heteroatoms. The van der Waals surface area contributed by atoms with Gasteiger partial charge >= 0.3 is 5.92 Å². The maximum atomic E-state index is 13.7. The van der Waals surface area contributed by atoms with Crippen LogP contribution in [-0.4, -0.2) is 14.8 Å². The van der Waals surface area contributed by atoms with Gasteiger partial charge in [0.2, 0.25) is 0 Å². The van der Waals surface area contributed by atoms with Crippen LogP contribution in [0, 0.1) is 6.92 Å². The number of hydrogen-bond donors (Lipinski definition) is 0. The van der Waals surface area contributed by atoms with Gasteiger partial charge in [-0.05, 0) is 38.1 Å². The average molecular weight is 249 g/mol. The van der Waals surface area contributed by atoms with Crippen molar-refractivity contribution in [3.63, 3.8) is 0 Å². The Morgan fingerprint density at radius 2 is 2.11 bits per heavy atom. The van der Waals surface area contributed by atoms with Crippen LogP contribution in [0.25, 0.3) is 5.69 Å². The number of hydrogen-bond acceptors (Lipinski definition) is 2. The van der Waals surface area contributed by atoms with Crippen LogP contribution in [0.3, 0.4) is 0 Å². The first-order valence-electron chi connectivity index (χ1n) is 5.54. The molecule has 3 nitrogen and oxygen atoms in total. The largest absolute Gasteiger partial charge is 0.308 e. The number of alkyl halides is 2. The normalized spacial score (nSPS) is 12.2. The molecule has 0 saturated heterocycles. The Bertz CT molecular complexity index is 573. The summed E-state index contributed by atoms with van der Waals surface area (Å²) in [6, 6.07) is 4.79. The van der Waals surface area contributed by atoms with Gasteiger partial charge in [-0.3, -0.25) is 4.98 Å². The molecule has 0 aliphatic heterocycles. The summed E-state index contributed by atoms with van der Waals surface area (Å²) in [5.41, 5.74) is 1.11. The molecular weight excluding hydrogens is 236 g/mol. The van der Waals surface area contributed by atoms with Crippen LogP contribution in [0.1, 0.15) is 18.3 Å². The molecule has 0 aliphatic carbocycles. The van der Waals surface area contributed by atoms with Crippen LogP contribution < -0.4 is 0 Å². The molecule has 18 heavy (non-hydrogen) atoms. The summed E-state index contributed by atoms with van der Waals surface area (Å²) < 4.78 is 28.9. The highest BCUT2D eigenvalue weighted by atomic mass is 19.3. The van der Waals surface area contributed by atoms with Gasteiger partial charge in [-0.1, -0.05) is 6.08 Å². The standard InChI is InChI=1S/C13H13F2N3/c1-3-6-13(14,15)12-9-11(4-7-16-12)18-8-5-10(2)17-18/h3-9H,1-2H3/b6-3+. The van der Waals surface area contributed by atoms with Crippen molar-refractivity contribution >= 4 is 0 Å². The van der Waals surface area contributed by atoms with Crippen molar-refractivity contribution in [1.29, 1.82) is 0 Å². The van der Waals surface area contributed by atoms with Crippen LogP contribution in [0.5, 0.6) is 0 Å². The Kier molecular flexibility index (Phi) is 3.23. The lowest BCUT2D eigenvalue weighted by molar-refractivity contribution is 0.0470. The summed E-state index contributed by atoms with van der Waals surface area (Å²) in [5, 5.41) is 4.18. The van der Waals surface area contributed by atoms with E-state index >= 15 is 0 Å². The van der Waals surface area contributed by atoms with Gasteiger partial charge in [0.15, 0.2) is 0 Å². The van der Waals surface area contributed by atoms with Crippen LogP contribution in [0.2, 0.25) is 0 Å². The summed E-state index contributed by atoms with van der Waals surface area (Å²) in [6.45, 7) is 3.39. The highest BCUT2D eigenvalue weighted by Crippen LogP contribution is 2.28. The van der Waals surface area contributed by atoms with E-state index in [9.17, 15) is 8.78 Å². The molecule has 0 radical (unpaired) electrons. The molecule has 2 rings (SSSR count). The zero-order valence-corrected chi connectivity index (χ0v) is 10.1. The van der Waals surface area contributed by atoms with Gasteiger partial charge in [0.25, 0.3) is 0 Å². The summed E-state index contributed by atoms with van der Waals surface area (Å²) >= 11 is 0. The molecule has 0 N–H and O–H groups in total. The lowest BCUT2D eigenvalue weighted by Gasteiger charge is -2.12. The van der Waals surface area contributed by atoms with Gasteiger partial charge in [0.1, 0.15) is 5.69 Å². The molecule has 0 atom stereocenters. The van der Waals surface area contributed by atoms with Crippen molar-refractivity contribution in [3.05, 3.63) is 54.1 Å². The van der Waals surface area contributed by atoms with Crippen molar-refractivity contribution in [1.82, 2.24) is 14.8 Å². The Hall–Kier alpha value is -2.04. The van der Waals surface area contributed by atoms with Gasteiger partial charge in [-0.15, -0.1) is 0 Å². The highest BCUT2D eigenvalue weighted by molar-refractivity contribution is 5.34. The molecule has 0 aromatic carbocycles. The van der Waals surface area contributed by atoms with Crippen molar-refractivity contribution in [2.75, 3.05) is 0 Å². The van der Waals surface area contributed by atoms with E-state index in [1.165, 1.54) is 18.3 Å². The van der Waals surface area contributed by atoms with Crippen molar-refractivity contribution in [2.45, 2.75) is 19.8 Å². The van der Waals surface area contributed by atoms with Gasteiger partial charge in [0, 0.05) is 12.4 Å². The van der Waals surface area contributed by atoms with Crippen LogP contribution in [0.4, 0.5) is 8.78 Å². The average Bonchev–Trinajstić information content (AvgIpc) is 2.76. The van der Waals surface area contributed by atoms with Crippen LogP contribution in [-0.2, 0) is 5.92 Å². The molecule has 0 fully saturated rings. The maximum Gasteiger partial charge on any atom is 0.308 e. The summed E-state index contributed by atoms with van der Waals surface area (Å²) in [7, 11) is 0. The number of aryl methyl sites for hydroxylation is 1. The molecule has 2 aromatic heterocycles. The molecule has 0 spiro atoms. The number of halogens is 2. The van der Waals surface area contributed by atoms with Crippen LogP contribution in [0.15, 0.2) is 42.7 Å². The monoisotopic (exact) mass is 249 g/mol. The molecular formula is C13H13F2N3. The zero-order chi connectivity index (χ0) is 13.2. The minimum Gasteiger partial charge on any atom is -0.254 e. The number of nitrogens with zero attached hydrogens (tertiary/aromatic N) is 3. The van der Waals surface area contributed by atoms with E-state index in [-0.39, 0.29) is 5.69 Å². The minimum atomic E-state index is -3.06. The highest BCUT2D eigenvalue weighted by Gasteiger charge is 2.29. The number of aromatic nitrogens is 3. The Morgan fingerprint density at radius 3 is 2.72 bits per heavy atom. The fourth-order valence-corrected chi connectivity index (χ4v) is 1.60. The summed E-state index contributed by atoms with van der Waals surface area (Å²) in [5.74, 6) is -3.06. The molecule has 0 saturated carbocycles. The first-order valence-corrected chi connectivity index (χ1v) is 5.54. The molecule has 0 bridgehead atoms. The third-order valence-electron chi connectivity index (χ3n) is 2.45. The molecule has 2 heterocycles. The smallest absolute Gasteiger partial charge is 0.254 e. The molecule has 0 aliphatic rings. The van der Waals surface area contributed by atoms with Crippen molar-refractivity contribution < 1.29 is 8.78 Å². The van der Waals surface area contributed by atoms with E-state index in [1.54, 1.807) is 23.9 Å². The third-order valence-corrected chi connectivity index (χ3v) is 2.45. The second-order valence-electron chi connectivity index (χ2n) is 3.92. The molecule has 0 unspecified atom stereocenters. The Balaban J connectivity index is 2.42. The van der Waals surface area contributed by atoms with Gasteiger partial charge in [-0.2, -0.15) is 13.9 Å². The zero-order valence-electron chi connectivity index (χ0n) is 10.1. The SMILES string of the molecule is C/C=C/C(F)(F)c1cc(-n2ccc(C)n2)ccn1. The van der Waals surface area contributed by atoms with E-state index in [0.29, 0.717) is 5.69 Å². The number of rotatable bonds is 3. The lowest BCUT2D eigenvalue weighted by atomic mass is 10.2. The van der Waals surface area contributed by atoms with Gasteiger partial charge in [-0.25, -0.2) is 4.68 Å². The van der Waals surface area contributed by atoms with E-state index in [2.05, 4.69) is 10.1 Å². The fraction of sp³-hybridized carbons (Fsp3) is 0.231. The van der Waals surface area contributed by atoms with Crippen molar-refractivity contribution in [2.24, 2.45) is 0 Å². The van der Waals surface area contributed by atoms with Crippen LogP contribution >= 0.6 is 0 Å². The second-order valence-corrected chi connectivity index (χ2v) is 3.92. The summed E-state index contributed by atoms with van der Waals surface area (Å²) in [4.78, 5) is 3.72.